The van der Waals surface area contributed by atoms with Gasteiger partial charge in [-0.15, -0.1) is 0 Å². The van der Waals surface area contributed by atoms with Crippen LogP contribution in [-0.4, -0.2) is 0 Å². The number of hydrogen-bond acceptors (Lipinski definition) is 2. The molecule has 2 heteroatoms. The van der Waals surface area contributed by atoms with Gasteiger partial charge in [0, 0.05) is 22.3 Å². The van der Waals surface area contributed by atoms with E-state index in [4.69, 9.17) is 11.5 Å². The molecule has 0 bridgehead atoms. The Morgan fingerprint density at radius 1 is 0.263 bits per heavy atom. The van der Waals surface area contributed by atoms with E-state index in [1.165, 1.54) is 0 Å². The number of nitrogens with two attached hydrogens (primary N) is 2. The second-order valence-electron chi connectivity index (χ2n) is 9.34. The van der Waals surface area contributed by atoms with Gasteiger partial charge in [-0.25, -0.2) is 0 Å². The Balaban J connectivity index is 1.81. The van der Waals surface area contributed by atoms with Gasteiger partial charge in [0.15, 0.2) is 0 Å². The van der Waals surface area contributed by atoms with Crippen molar-refractivity contribution in [1.29, 1.82) is 0 Å². The molecule has 2 nitrogen and oxygen atoms in total. The van der Waals surface area contributed by atoms with E-state index in [9.17, 15) is 0 Å². The fourth-order valence-electron chi connectivity index (χ4n) is 5.33. The summed E-state index contributed by atoms with van der Waals surface area (Å²) in [4.78, 5) is 0. The Labute approximate surface area is 223 Å². The van der Waals surface area contributed by atoms with Gasteiger partial charge in [0.05, 0.1) is 11.4 Å². The van der Waals surface area contributed by atoms with Gasteiger partial charge in [0.25, 0.3) is 0 Å². The average Bonchev–Trinajstić information content (AvgIpc) is 3.00. The standard InChI is InChI=1S/C36H28N2/c37-35-33(28-21-11-4-12-22-28)31(26-17-7-2-8-18-26)32(27-19-9-3-10-20-27)34(36(35)38)30-24-14-13-23-29(30)25-15-5-1-6-16-25/h1-24H,37-38H2. The van der Waals surface area contributed by atoms with Crippen molar-refractivity contribution < 1.29 is 0 Å². The molecule has 0 aromatic heterocycles. The summed E-state index contributed by atoms with van der Waals surface area (Å²) >= 11 is 0. The van der Waals surface area contributed by atoms with Gasteiger partial charge in [0.1, 0.15) is 0 Å². The molecule has 0 aliphatic carbocycles. The molecule has 182 valence electrons. The lowest BCUT2D eigenvalue weighted by atomic mass is 9.79. The summed E-state index contributed by atoms with van der Waals surface area (Å²) in [6.45, 7) is 0. The fraction of sp³-hybridized carbons (Fsp3) is 0. The van der Waals surface area contributed by atoms with Gasteiger partial charge in [-0.1, -0.05) is 146 Å². The minimum atomic E-state index is 0.589. The molecule has 0 aliphatic heterocycles. The summed E-state index contributed by atoms with van der Waals surface area (Å²) in [5, 5.41) is 0. The van der Waals surface area contributed by atoms with Crippen LogP contribution in [0.4, 0.5) is 11.4 Å². The molecule has 4 N–H and O–H groups in total. The van der Waals surface area contributed by atoms with Crippen LogP contribution in [0.15, 0.2) is 146 Å². The first-order chi connectivity index (χ1) is 18.7. The van der Waals surface area contributed by atoms with E-state index in [2.05, 4.69) is 109 Å². The highest BCUT2D eigenvalue weighted by Gasteiger charge is 2.26. The molecule has 0 heterocycles. The van der Waals surface area contributed by atoms with Crippen molar-refractivity contribution in [3.63, 3.8) is 0 Å². The quantitative estimate of drug-likeness (QED) is 0.238. The van der Waals surface area contributed by atoms with Crippen LogP contribution in [0.25, 0.3) is 55.6 Å². The molecule has 0 amide bonds. The zero-order valence-corrected chi connectivity index (χ0v) is 21.0. The summed E-state index contributed by atoms with van der Waals surface area (Å²) in [6, 6.07) is 50.2. The third kappa shape index (κ3) is 4.12. The minimum Gasteiger partial charge on any atom is -0.397 e. The van der Waals surface area contributed by atoms with E-state index in [1.807, 2.05) is 36.4 Å². The summed E-state index contributed by atoms with van der Waals surface area (Å²) in [5.74, 6) is 0. The highest BCUT2D eigenvalue weighted by atomic mass is 14.7. The topological polar surface area (TPSA) is 52.0 Å². The van der Waals surface area contributed by atoms with Crippen molar-refractivity contribution in [2.75, 3.05) is 11.5 Å². The Morgan fingerprint density at radius 3 is 1.05 bits per heavy atom. The molecule has 6 rings (SSSR count). The van der Waals surface area contributed by atoms with Gasteiger partial charge >= 0.3 is 0 Å². The molecule has 0 atom stereocenters. The zero-order valence-electron chi connectivity index (χ0n) is 21.0. The number of hydrogen-bond donors (Lipinski definition) is 2. The molecular formula is C36H28N2. The van der Waals surface area contributed by atoms with E-state index in [0.29, 0.717) is 11.4 Å². The van der Waals surface area contributed by atoms with Crippen LogP contribution >= 0.6 is 0 Å². The third-order valence-corrected chi connectivity index (χ3v) is 7.05. The van der Waals surface area contributed by atoms with Crippen LogP contribution in [0.5, 0.6) is 0 Å². The van der Waals surface area contributed by atoms with Gasteiger partial charge in [0.2, 0.25) is 0 Å². The molecule has 6 aromatic rings. The molecule has 0 fully saturated rings. The summed E-state index contributed by atoms with van der Waals surface area (Å²) in [6.07, 6.45) is 0. The number of anilines is 2. The SMILES string of the molecule is Nc1c(N)c(-c2ccccc2-c2ccccc2)c(-c2ccccc2)c(-c2ccccc2)c1-c1ccccc1. The average molecular weight is 489 g/mol. The highest BCUT2D eigenvalue weighted by Crippen LogP contribution is 2.53. The van der Waals surface area contributed by atoms with Gasteiger partial charge in [-0.05, 0) is 33.4 Å². The van der Waals surface area contributed by atoms with E-state index in [-0.39, 0.29) is 0 Å². The highest BCUT2D eigenvalue weighted by molar-refractivity contribution is 6.13. The van der Waals surface area contributed by atoms with Crippen molar-refractivity contribution in [1.82, 2.24) is 0 Å². The summed E-state index contributed by atoms with van der Waals surface area (Å²) in [7, 11) is 0. The third-order valence-electron chi connectivity index (χ3n) is 7.05. The Morgan fingerprint density at radius 2 is 0.579 bits per heavy atom. The largest absolute Gasteiger partial charge is 0.397 e. The number of nitrogen functional groups attached to an aromatic ring is 2. The molecule has 0 saturated heterocycles. The molecule has 0 aliphatic rings. The first kappa shape index (κ1) is 23.3. The maximum Gasteiger partial charge on any atom is 0.0640 e. The van der Waals surface area contributed by atoms with Crippen molar-refractivity contribution in [2.24, 2.45) is 0 Å². The molecule has 6 aromatic carbocycles. The van der Waals surface area contributed by atoms with Crippen LogP contribution in [-0.2, 0) is 0 Å². The van der Waals surface area contributed by atoms with Crippen molar-refractivity contribution >= 4 is 11.4 Å². The molecule has 0 saturated carbocycles. The first-order valence-electron chi connectivity index (χ1n) is 12.8. The lowest BCUT2D eigenvalue weighted by Crippen LogP contribution is -2.06. The zero-order chi connectivity index (χ0) is 25.9. The van der Waals surface area contributed by atoms with Gasteiger partial charge in [-0.2, -0.15) is 0 Å². The van der Waals surface area contributed by atoms with E-state index in [1.54, 1.807) is 0 Å². The van der Waals surface area contributed by atoms with Crippen LogP contribution in [0.2, 0.25) is 0 Å². The van der Waals surface area contributed by atoms with E-state index < -0.39 is 0 Å². The predicted octanol–water partition coefficient (Wildman–Crippen LogP) is 9.19. The first-order valence-corrected chi connectivity index (χ1v) is 12.8. The van der Waals surface area contributed by atoms with E-state index in [0.717, 1.165) is 55.6 Å². The number of rotatable bonds is 5. The Hall–Kier alpha value is -5.08. The summed E-state index contributed by atoms with van der Waals surface area (Å²) in [5.41, 5.74) is 25.8. The van der Waals surface area contributed by atoms with Crippen LogP contribution in [0, 0.1) is 0 Å². The predicted molar refractivity (Wildman–Crippen MR) is 162 cm³/mol. The van der Waals surface area contributed by atoms with Gasteiger partial charge < -0.3 is 11.5 Å². The summed E-state index contributed by atoms with van der Waals surface area (Å²) < 4.78 is 0. The second kappa shape index (κ2) is 10.1. The molecule has 0 spiro atoms. The smallest absolute Gasteiger partial charge is 0.0640 e. The monoisotopic (exact) mass is 488 g/mol. The maximum atomic E-state index is 7.06. The van der Waals surface area contributed by atoms with Gasteiger partial charge in [-0.3, -0.25) is 0 Å². The van der Waals surface area contributed by atoms with Crippen molar-refractivity contribution in [3.8, 4) is 55.6 Å². The lowest BCUT2D eigenvalue weighted by molar-refractivity contribution is 1.53. The van der Waals surface area contributed by atoms with Crippen molar-refractivity contribution in [2.45, 2.75) is 0 Å². The minimum absolute atomic E-state index is 0.589. The normalized spacial score (nSPS) is 10.8. The number of benzene rings is 6. The Bertz CT molecular complexity index is 1690. The van der Waals surface area contributed by atoms with Crippen LogP contribution in [0.1, 0.15) is 0 Å². The maximum absolute atomic E-state index is 7.06. The van der Waals surface area contributed by atoms with Crippen LogP contribution < -0.4 is 11.5 Å². The fourth-order valence-corrected chi connectivity index (χ4v) is 5.33. The molecule has 0 radical (unpaired) electrons. The van der Waals surface area contributed by atoms with Crippen LogP contribution in [0.3, 0.4) is 0 Å². The van der Waals surface area contributed by atoms with E-state index >= 15 is 0 Å². The molecular weight excluding hydrogens is 460 g/mol. The Kier molecular flexibility index (Phi) is 6.21. The molecule has 38 heavy (non-hydrogen) atoms. The van der Waals surface area contributed by atoms with Crippen molar-refractivity contribution in [3.05, 3.63) is 146 Å². The molecule has 0 unspecified atom stereocenters. The lowest BCUT2D eigenvalue weighted by Gasteiger charge is -2.26. The second-order valence-corrected chi connectivity index (χ2v) is 9.34.